The number of benzene rings is 2. The molecule has 6 N–H and O–H groups in total. The summed E-state index contributed by atoms with van der Waals surface area (Å²) in [5, 5.41) is 16.7. The van der Waals surface area contributed by atoms with Crippen LogP contribution in [0.2, 0.25) is 0 Å². The Labute approximate surface area is 226 Å². The molecule has 6 nitrogen and oxygen atoms in total. The third kappa shape index (κ3) is 7.34. The van der Waals surface area contributed by atoms with Crippen LogP contribution in [0.4, 0.5) is 8.78 Å². The molecule has 2 aromatic carbocycles. The number of halogens is 2. The Morgan fingerprint density at radius 2 is 2.00 bits per heavy atom. The molecular formula is C26H28F2N4O2S3. The number of hydrogen-bond donors (Lipinski definition) is 4. The van der Waals surface area contributed by atoms with Crippen LogP contribution in [0.5, 0.6) is 0 Å². The summed E-state index contributed by atoms with van der Waals surface area (Å²) in [7, 11) is 0. The van der Waals surface area contributed by atoms with E-state index in [1.165, 1.54) is 35.2 Å². The van der Waals surface area contributed by atoms with Crippen molar-refractivity contribution in [3.63, 3.8) is 0 Å². The highest BCUT2D eigenvalue weighted by atomic mass is 32.2. The summed E-state index contributed by atoms with van der Waals surface area (Å²) in [5.74, 6) is -1.59. The van der Waals surface area contributed by atoms with Gasteiger partial charge in [-0.1, -0.05) is 17.8 Å². The Morgan fingerprint density at radius 3 is 2.73 bits per heavy atom. The lowest BCUT2D eigenvalue weighted by Gasteiger charge is -2.24. The Morgan fingerprint density at radius 1 is 1.16 bits per heavy atom. The SMILES string of the molecule is NCCC[C@@H](N)C(=O)N[C@H](CCc1cccs1)C(O)c1nc2cc(Sc3ccc(F)cc3F)ccc2s1. The number of carbonyl (C=O) groups excluding carboxylic acids is 1. The number of nitrogens with two attached hydrogens (primary N) is 2. The average Bonchev–Trinajstić information content (AvgIpc) is 3.56. The number of nitrogens with zero attached hydrogens (tertiary/aromatic N) is 1. The Balaban J connectivity index is 1.52. The van der Waals surface area contributed by atoms with Gasteiger partial charge in [-0.15, -0.1) is 22.7 Å². The van der Waals surface area contributed by atoms with E-state index in [1.807, 2.05) is 29.6 Å². The third-order valence-corrected chi connectivity index (χ3v) is 8.88. The van der Waals surface area contributed by atoms with E-state index in [0.29, 0.717) is 47.6 Å². The van der Waals surface area contributed by atoms with Gasteiger partial charge in [0, 0.05) is 20.7 Å². The molecule has 0 radical (unpaired) electrons. The van der Waals surface area contributed by atoms with Gasteiger partial charge in [0.15, 0.2) is 0 Å². The van der Waals surface area contributed by atoms with Crippen LogP contribution in [0.25, 0.3) is 10.2 Å². The molecule has 2 heterocycles. The zero-order valence-corrected chi connectivity index (χ0v) is 22.4. The zero-order chi connectivity index (χ0) is 26.4. The van der Waals surface area contributed by atoms with E-state index in [-0.39, 0.29) is 5.91 Å². The van der Waals surface area contributed by atoms with Gasteiger partial charge in [0.1, 0.15) is 22.7 Å². The van der Waals surface area contributed by atoms with Gasteiger partial charge in [-0.25, -0.2) is 13.8 Å². The quantitative estimate of drug-likeness (QED) is 0.193. The number of hydrogen-bond acceptors (Lipinski definition) is 8. The van der Waals surface area contributed by atoms with Crippen LogP contribution in [0.1, 0.15) is 35.3 Å². The number of aliphatic hydroxyl groups excluding tert-OH is 1. The van der Waals surface area contributed by atoms with Crippen molar-refractivity contribution < 1.29 is 18.7 Å². The van der Waals surface area contributed by atoms with Crippen LogP contribution in [-0.4, -0.2) is 34.6 Å². The molecular weight excluding hydrogens is 535 g/mol. The number of aryl methyl sites for hydroxylation is 1. The normalized spacial score (nSPS) is 14.0. The Hall–Kier alpha value is -2.41. The number of thiophene rings is 1. The summed E-state index contributed by atoms with van der Waals surface area (Å²) in [6, 6.07) is 11.6. The van der Waals surface area contributed by atoms with E-state index in [0.717, 1.165) is 20.5 Å². The molecule has 2 aromatic heterocycles. The highest BCUT2D eigenvalue weighted by molar-refractivity contribution is 7.99. The number of nitrogens with one attached hydrogen (secondary N) is 1. The van der Waals surface area contributed by atoms with E-state index < -0.39 is 29.8 Å². The van der Waals surface area contributed by atoms with Crippen molar-refractivity contribution in [1.29, 1.82) is 0 Å². The van der Waals surface area contributed by atoms with Crippen molar-refractivity contribution in [2.75, 3.05) is 6.54 Å². The second-order valence-corrected chi connectivity index (χ2v) is 11.8. The lowest BCUT2D eigenvalue weighted by molar-refractivity contribution is -0.124. The minimum Gasteiger partial charge on any atom is -0.384 e. The molecule has 3 atom stereocenters. The molecule has 0 aliphatic rings. The smallest absolute Gasteiger partial charge is 0.237 e. The van der Waals surface area contributed by atoms with Crippen molar-refractivity contribution >= 4 is 50.6 Å². The molecule has 1 unspecified atom stereocenters. The standard InChI is InChI=1S/C26H28F2N4O2S3/c27-15-5-9-22(18(28)13-15)36-17-7-10-23-21(14-17)32-26(37-23)24(33)20(8-6-16-3-2-12-35-16)31-25(34)19(30)4-1-11-29/h2-3,5,7,9-10,12-14,19-20,24,33H,1,4,6,8,11,29-30H2,(H,31,34)/t19-,20-,24?/m1/s1. The monoisotopic (exact) mass is 562 g/mol. The van der Waals surface area contributed by atoms with Crippen molar-refractivity contribution in [1.82, 2.24) is 10.3 Å². The van der Waals surface area contributed by atoms with E-state index in [1.54, 1.807) is 17.4 Å². The Bertz CT molecular complexity index is 1330. The maximum absolute atomic E-state index is 14.1. The van der Waals surface area contributed by atoms with E-state index in [9.17, 15) is 18.7 Å². The summed E-state index contributed by atoms with van der Waals surface area (Å²) in [5.41, 5.74) is 12.2. The molecule has 11 heteroatoms. The van der Waals surface area contributed by atoms with Crippen LogP contribution in [0.15, 0.2) is 63.7 Å². The van der Waals surface area contributed by atoms with Crippen molar-refractivity contribution in [2.24, 2.45) is 11.5 Å². The summed E-state index contributed by atoms with van der Waals surface area (Å²) in [6.45, 7) is 0.450. The molecule has 0 fully saturated rings. The molecule has 4 aromatic rings. The maximum atomic E-state index is 14.1. The van der Waals surface area contributed by atoms with Gasteiger partial charge >= 0.3 is 0 Å². The number of amides is 1. The number of rotatable bonds is 12. The fourth-order valence-corrected chi connectivity index (χ4v) is 6.37. The lowest BCUT2D eigenvalue weighted by atomic mass is 10.0. The first kappa shape index (κ1) is 27.6. The number of fused-ring (bicyclic) bond motifs is 1. The first-order chi connectivity index (χ1) is 17.8. The minimum atomic E-state index is -1.03. The van der Waals surface area contributed by atoms with Crippen LogP contribution < -0.4 is 16.8 Å². The minimum absolute atomic E-state index is 0.304. The van der Waals surface area contributed by atoms with Gasteiger partial charge in [0.25, 0.3) is 0 Å². The van der Waals surface area contributed by atoms with Gasteiger partial charge < -0.3 is 21.9 Å². The molecule has 37 heavy (non-hydrogen) atoms. The summed E-state index contributed by atoms with van der Waals surface area (Å²) < 4.78 is 28.2. The maximum Gasteiger partial charge on any atom is 0.237 e. The van der Waals surface area contributed by atoms with E-state index >= 15 is 0 Å². The molecule has 196 valence electrons. The van der Waals surface area contributed by atoms with Crippen molar-refractivity contribution in [2.45, 2.75) is 53.7 Å². The lowest BCUT2D eigenvalue weighted by Crippen LogP contribution is -2.47. The first-order valence-corrected chi connectivity index (χ1v) is 14.3. The first-order valence-electron chi connectivity index (χ1n) is 11.8. The molecule has 0 aliphatic heterocycles. The molecule has 1 amide bonds. The highest BCUT2D eigenvalue weighted by Crippen LogP contribution is 2.35. The van der Waals surface area contributed by atoms with Crippen LogP contribution >= 0.6 is 34.4 Å². The fourth-order valence-electron chi connectivity index (χ4n) is 3.79. The average molecular weight is 563 g/mol. The topological polar surface area (TPSA) is 114 Å². The van der Waals surface area contributed by atoms with Gasteiger partial charge in [-0.3, -0.25) is 4.79 Å². The molecule has 0 aliphatic carbocycles. The van der Waals surface area contributed by atoms with Gasteiger partial charge in [-0.2, -0.15) is 0 Å². The second-order valence-electron chi connectivity index (χ2n) is 8.57. The predicted octanol–water partition coefficient (Wildman–Crippen LogP) is 5.00. The Kier molecular flexibility index (Phi) is 9.63. The molecule has 0 spiro atoms. The molecule has 0 saturated heterocycles. The second kappa shape index (κ2) is 12.9. The van der Waals surface area contributed by atoms with Crippen molar-refractivity contribution in [3.8, 4) is 0 Å². The van der Waals surface area contributed by atoms with Gasteiger partial charge in [0.05, 0.1) is 22.3 Å². The molecule has 0 saturated carbocycles. The molecule has 0 bridgehead atoms. The summed E-state index contributed by atoms with van der Waals surface area (Å²) in [4.78, 5) is 19.5. The molecule has 4 rings (SSSR count). The fraction of sp³-hybridized carbons (Fsp3) is 0.308. The zero-order valence-electron chi connectivity index (χ0n) is 19.9. The number of aromatic nitrogens is 1. The predicted molar refractivity (Wildman–Crippen MR) is 146 cm³/mol. The van der Waals surface area contributed by atoms with Crippen LogP contribution in [-0.2, 0) is 11.2 Å². The van der Waals surface area contributed by atoms with E-state index in [2.05, 4.69) is 10.3 Å². The summed E-state index contributed by atoms with van der Waals surface area (Å²) in [6.07, 6.45) is 1.27. The number of carbonyl (C=O) groups is 1. The van der Waals surface area contributed by atoms with Gasteiger partial charge in [0.2, 0.25) is 5.91 Å². The highest BCUT2D eigenvalue weighted by Gasteiger charge is 2.27. The largest absolute Gasteiger partial charge is 0.384 e. The summed E-state index contributed by atoms with van der Waals surface area (Å²) >= 11 is 4.12. The number of aliphatic hydroxyl groups is 1. The third-order valence-electron chi connectivity index (χ3n) is 5.80. The van der Waals surface area contributed by atoms with E-state index in [4.69, 9.17) is 11.5 Å². The van der Waals surface area contributed by atoms with Crippen molar-refractivity contribution in [3.05, 3.63) is 75.4 Å². The number of thiazole rings is 1. The van der Waals surface area contributed by atoms with Gasteiger partial charge in [-0.05, 0) is 74.0 Å². The van der Waals surface area contributed by atoms with Crippen LogP contribution in [0, 0.1) is 11.6 Å². The van der Waals surface area contributed by atoms with Crippen LogP contribution in [0.3, 0.4) is 0 Å².